The van der Waals surface area contributed by atoms with E-state index in [1.165, 1.54) is 51.9 Å². The SMILES string of the molecule is CCNCC(CC)N1CCC2C(CCCN2C)C1. The fraction of sp³-hybridized carbons (Fsp3) is 1.00. The van der Waals surface area contributed by atoms with Gasteiger partial charge in [0.05, 0.1) is 0 Å². The second-order valence-corrected chi connectivity index (χ2v) is 6.10. The van der Waals surface area contributed by atoms with Gasteiger partial charge in [0.1, 0.15) is 0 Å². The first-order chi connectivity index (χ1) is 8.76. The second kappa shape index (κ2) is 6.88. The van der Waals surface area contributed by atoms with E-state index >= 15 is 0 Å². The van der Waals surface area contributed by atoms with E-state index < -0.39 is 0 Å². The molecule has 0 spiro atoms. The lowest BCUT2D eigenvalue weighted by Gasteiger charge is -2.48. The predicted molar refractivity (Wildman–Crippen MR) is 78.0 cm³/mol. The van der Waals surface area contributed by atoms with E-state index in [-0.39, 0.29) is 0 Å². The highest BCUT2D eigenvalue weighted by Gasteiger charge is 2.35. The molecule has 2 fully saturated rings. The van der Waals surface area contributed by atoms with E-state index in [9.17, 15) is 0 Å². The summed E-state index contributed by atoms with van der Waals surface area (Å²) in [4.78, 5) is 5.36. The maximum atomic E-state index is 3.53. The van der Waals surface area contributed by atoms with Crippen molar-refractivity contribution in [2.75, 3.05) is 39.8 Å². The van der Waals surface area contributed by atoms with Gasteiger partial charge < -0.3 is 10.2 Å². The fourth-order valence-electron chi connectivity index (χ4n) is 3.85. The Bertz CT molecular complexity index is 244. The molecule has 0 aliphatic carbocycles. The van der Waals surface area contributed by atoms with Gasteiger partial charge in [0, 0.05) is 25.2 Å². The van der Waals surface area contributed by atoms with Crippen LogP contribution in [0.5, 0.6) is 0 Å². The van der Waals surface area contributed by atoms with Gasteiger partial charge in [-0.25, -0.2) is 0 Å². The van der Waals surface area contributed by atoms with Gasteiger partial charge in [0.15, 0.2) is 0 Å². The summed E-state index contributed by atoms with van der Waals surface area (Å²) in [7, 11) is 2.32. The summed E-state index contributed by atoms with van der Waals surface area (Å²) in [6.07, 6.45) is 5.50. The molecule has 2 aliphatic rings. The Hall–Kier alpha value is -0.120. The molecular formula is C15H31N3. The third kappa shape index (κ3) is 3.25. The molecule has 0 saturated carbocycles. The van der Waals surface area contributed by atoms with Gasteiger partial charge in [-0.15, -0.1) is 0 Å². The molecule has 3 nitrogen and oxygen atoms in total. The van der Waals surface area contributed by atoms with Crippen LogP contribution in [0.25, 0.3) is 0 Å². The molecule has 2 rings (SSSR count). The summed E-state index contributed by atoms with van der Waals surface area (Å²) in [6, 6.07) is 1.62. The molecular weight excluding hydrogens is 222 g/mol. The second-order valence-electron chi connectivity index (χ2n) is 6.10. The number of rotatable bonds is 5. The first-order valence-corrected chi connectivity index (χ1v) is 7.91. The summed E-state index contributed by atoms with van der Waals surface area (Å²) < 4.78 is 0. The fourth-order valence-corrected chi connectivity index (χ4v) is 3.85. The molecule has 2 saturated heterocycles. The van der Waals surface area contributed by atoms with E-state index in [1.807, 2.05) is 0 Å². The molecule has 106 valence electrons. The van der Waals surface area contributed by atoms with Crippen LogP contribution in [0.4, 0.5) is 0 Å². The Morgan fingerprint density at radius 2 is 2.06 bits per heavy atom. The zero-order valence-electron chi connectivity index (χ0n) is 12.5. The average molecular weight is 253 g/mol. The first-order valence-electron chi connectivity index (χ1n) is 7.91. The molecule has 3 atom stereocenters. The van der Waals surface area contributed by atoms with Gasteiger partial charge in [0.2, 0.25) is 0 Å². The Kier molecular flexibility index (Phi) is 5.46. The Morgan fingerprint density at radius 3 is 2.78 bits per heavy atom. The third-order valence-corrected chi connectivity index (χ3v) is 4.99. The average Bonchev–Trinajstić information content (AvgIpc) is 2.40. The zero-order chi connectivity index (χ0) is 13.0. The van der Waals surface area contributed by atoms with Crippen LogP contribution in [0.1, 0.15) is 39.5 Å². The minimum Gasteiger partial charge on any atom is -0.315 e. The number of piperidine rings is 2. The minimum atomic E-state index is 0.748. The van der Waals surface area contributed by atoms with Gasteiger partial charge >= 0.3 is 0 Å². The molecule has 0 amide bonds. The van der Waals surface area contributed by atoms with E-state index in [1.54, 1.807) is 0 Å². The largest absolute Gasteiger partial charge is 0.315 e. The van der Waals surface area contributed by atoms with Gasteiger partial charge in [-0.3, -0.25) is 4.90 Å². The van der Waals surface area contributed by atoms with E-state index in [4.69, 9.17) is 0 Å². The van der Waals surface area contributed by atoms with Crippen molar-refractivity contribution in [1.29, 1.82) is 0 Å². The predicted octanol–water partition coefficient (Wildman–Crippen LogP) is 1.79. The van der Waals surface area contributed by atoms with Gasteiger partial charge in [-0.1, -0.05) is 13.8 Å². The maximum absolute atomic E-state index is 3.53. The van der Waals surface area contributed by atoms with Crippen LogP contribution >= 0.6 is 0 Å². The summed E-state index contributed by atoms with van der Waals surface area (Å²) >= 11 is 0. The van der Waals surface area contributed by atoms with Crippen molar-refractivity contribution in [2.45, 2.75) is 51.6 Å². The molecule has 3 unspecified atom stereocenters. The first kappa shape index (κ1) is 14.3. The van der Waals surface area contributed by atoms with Gasteiger partial charge in [-0.05, 0) is 58.3 Å². The summed E-state index contributed by atoms with van der Waals surface area (Å²) in [5.41, 5.74) is 0. The number of likely N-dealkylation sites (tertiary alicyclic amines) is 2. The highest BCUT2D eigenvalue weighted by Crippen LogP contribution is 2.30. The molecule has 0 bridgehead atoms. The smallest absolute Gasteiger partial charge is 0.0218 e. The Labute approximate surface area is 113 Å². The molecule has 2 heterocycles. The van der Waals surface area contributed by atoms with Crippen molar-refractivity contribution in [3.8, 4) is 0 Å². The lowest BCUT2D eigenvalue weighted by molar-refractivity contribution is 0.0194. The number of nitrogens with one attached hydrogen (secondary N) is 1. The highest BCUT2D eigenvalue weighted by atomic mass is 15.2. The van der Waals surface area contributed by atoms with Crippen LogP contribution in [-0.4, -0.2) is 61.7 Å². The number of hydrogen-bond donors (Lipinski definition) is 1. The van der Waals surface area contributed by atoms with Crippen molar-refractivity contribution in [2.24, 2.45) is 5.92 Å². The molecule has 0 aromatic rings. The molecule has 2 aliphatic heterocycles. The zero-order valence-corrected chi connectivity index (χ0v) is 12.5. The monoisotopic (exact) mass is 253 g/mol. The maximum Gasteiger partial charge on any atom is 0.0218 e. The lowest BCUT2D eigenvalue weighted by atomic mass is 9.83. The van der Waals surface area contributed by atoms with Crippen molar-refractivity contribution >= 4 is 0 Å². The number of likely N-dealkylation sites (N-methyl/N-ethyl adjacent to an activating group) is 1. The van der Waals surface area contributed by atoms with Crippen molar-refractivity contribution in [3.63, 3.8) is 0 Å². The summed E-state index contributed by atoms with van der Waals surface area (Å²) in [5.74, 6) is 0.924. The van der Waals surface area contributed by atoms with Crippen LogP contribution < -0.4 is 5.32 Å². The molecule has 0 radical (unpaired) electrons. The lowest BCUT2D eigenvalue weighted by Crippen LogP contribution is -2.56. The third-order valence-electron chi connectivity index (χ3n) is 4.99. The standard InChI is InChI=1S/C15H31N3/c1-4-14(11-16-5-2)18-10-8-15-13(12-18)7-6-9-17(15)3/h13-16H,4-12H2,1-3H3. The van der Waals surface area contributed by atoms with Gasteiger partial charge in [-0.2, -0.15) is 0 Å². The number of fused-ring (bicyclic) bond motifs is 1. The van der Waals surface area contributed by atoms with Crippen LogP contribution in [0.15, 0.2) is 0 Å². The Balaban J connectivity index is 1.88. The molecule has 3 heteroatoms. The highest BCUT2D eigenvalue weighted by molar-refractivity contribution is 4.91. The van der Waals surface area contributed by atoms with Crippen molar-refractivity contribution in [3.05, 3.63) is 0 Å². The molecule has 0 aromatic carbocycles. The van der Waals surface area contributed by atoms with Crippen LogP contribution in [0.3, 0.4) is 0 Å². The van der Waals surface area contributed by atoms with Gasteiger partial charge in [0.25, 0.3) is 0 Å². The normalized spacial score (nSPS) is 32.2. The summed E-state index contributed by atoms with van der Waals surface area (Å²) in [5, 5.41) is 3.53. The Morgan fingerprint density at radius 1 is 1.22 bits per heavy atom. The quantitative estimate of drug-likeness (QED) is 0.806. The van der Waals surface area contributed by atoms with E-state index in [0.717, 1.165) is 24.5 Å². The van der Waals surface area contributed by atoms with Crippen LogP contribution in [0, 0.1) is 5.92 Å². The molecule has 1 N–H and O–H groups in total. The van der Waals surface area contributed by atoms with E-state index in [0.29, 0.717) is 0 Å². The molecule has 0 aromatic heterocycles. The molecule has 18 heavy (non-hydrogen) atoms. The number of nitrogens with zero attached hydrogens (tertiary/aromatic N) is 2. The number of hydrogen-bond acceptors (Lipinski definition) is 3. The van der Waals surface area contributed by atoms with Crippen LogP contribution in [0.2, 0.25) is 0 Å². The van der Waals surface area contributed by atoms with Crippen LogP contribution in [-0.2, 0) is 0 Å². The van der Waals surface area contributed by atoms with Crippen molar-refractivity contribution in [1.82, 2.24) is 15.1 Å². The van der Waals surface area contributed by atoms with Crippen molar-refractivity contribution < 1.29 is 0 Å². The van der Waals surface area contributed by atoms with E-state index in [2.05, 4.69) is 36.0 Å². The summed E-state index contributed by atoms with van der Waals surface area (Å²) in [6.45, 7) is 10.7. The topological polar surface area (TPSA) is 18.5 Å². The minimum absolute atomic E-state index is 0.748.